The van der Waals surface area contributed by atoms with Gasteiger partial charge in [0.2, 0.25) is 0 Å². The molecule has 0 rings (SSSR count). The van der Waals surface area contributed by atoms with Gasteiger partial charge in [0, 0.05) is 0 Å². The summed E-state index contributed by atoms with van der Waals surface area (Å²) in [6, 6.07) is 0. The van der Waals surface area contributed by atoms with E-state index >= 15 is 0 Å². The van der Waals surface area contributed by atoms with Crippen molar-refractivity contribution in [1.29, 1.82) is 0 Å². The van der Waals surface area contributed by atoms with Gasteiger partial charge < -0.3 is 0 Å². The molecule has 0 saturated heterocycles. The summed E-state index contributed by atoms with van der Waals surface area (Å²) >= 11 is 0. The Kier molecular flexibility index (Phi) is 3.81. The predicted molar refractivity (Wildman–Crippen MR) is 57.0 cm³/mol. The molecule has 0 aliphatic heterocycles. The monoisotopic (exact) mass is 169 g/mol. The van der Waals surface area contributed by atoms with Crippen LogP contribution >= 0.6 is 0 Å². The smallest absolute Gasteiger partial charge is 0.0300 e. The van der Waals surface area contributed by atoms with Gasteiger partial charge in [0.1, 0.15) is 0 Å². The normalized spacial score (nSPS) is 18.0. The van der Waals surface area contributed by atoms with Crippen LogP contribution in [0.2, 0.25) is 0 Å². The molecule has 1 radical (unpaired) electrons. The number of hydrogen-bond acceptors (Lipinski definition) is 0. The van der Waals surface area contributed by atoms with Crippen LogP contribution in [-0.2, 0) is 0 Å². The van der Waals surface area contributed by atoms with E-state index in [1.54, 1.807) is 0 Å². The lowest BCUT2D eigenvalue weighted by molar-refractivity contribution is 0.136. The largest absolute Gasteiger partial charge is 0.0649 e. The minimum atomic E-state index is 0.217. The molecule has 0 nitrogen and oxygen atoms in total. The Morgan fingerprint density at radius 3 is 1.67 bits per heavy atom. The fourth-order valence-electron chi connectivity index (χ4n) is 1.83. The molecule has 0 N–H and O–H groups in total. The van der Waals surface area contributed by atoms with E-state index in [0.29, 0.717) is 5.41 Å². The number of hydrogen-bond donors (Lipinski definition) is 0. The summed E-state index contributed by atoms with van der Waals surface area (Å²) in [4.78, 5) is 0. The van der Waals surface area contributed by atoms with E-state index in [9.17, 15) is 0 Å². The highest BCUT2D eigenvalue weighted by Crippen LogP contribution is 2.41. The van der Waals surface area contributed by atoms with Crippen LogP contribution in [0.15, 0.2) is 0 Å². The fraction of sp³-hybridized carbons (Fsp3) is 0.917. The molecule has 0 aliphatic rings. The van der Waals surface area contributed by atoms with Crippen LogP contribution in [0.1, 0.15) is 54.4 Å². The quantitative estimate of drug-likeness (QED) is 0.588. The van der Waals surface area contributed by atoms with E-state index in [1.807, 2.05) is 0 Å². The van der Waals surface area contributed by atoms with Gasteiger partial charge in [-0.15, -0.1) is 0 Å². The van der Waals surface area contributed by atoms with Crippen LogP contribution in [-0.4, -0.2) is 0 Å². The first-order valence-electron chi connectivity index (χ1n) is 5.06. The number of rotatable bonds is 4. The third-order valence-corrected chi connectivity index (χ3v) is 3.08. The van der Waals surface area contributed by atoms with E-state index in [1.165, 1.54) is 12.8 Å². The summed E-state index contributed by atoms with van der Waals surface area (Å²) in [5.74, 6) is 0.753. The second-order valence-electron chi connectivity index (χ2n) is 5.50. The summed E-state index contributed by atoms with van der Waals surface area (Å²) < 4.78 is 0. The second-order valence-corrected chi connectivity index (χ2v) is 5.50. The molecule has 0 heteroatoms. The molecule has 1 unspecified atom stereocenters. The lowest BCUT2D eigenvalue weighted by Crippen LogP contribution is -2.28. The topological polar surface area (TPSA) is 0 Å². The van der Waals surface area contributed by atoms with Crippen molar-refractivity contribution < 1.29 is 0 Å². The molecular weight excluding hydrogens is 144 g/mol. The van der Waals surface area contributed by atoms with Gasteiger partial charge in [0.15, 0.2) is 0 Å². The first kappa shape index (κ1) is 12.0. The third kappa shape index (κ3) is 3.60. The average molecular weight is 169 g/mol. The van der Waals surface area contributed by atoms with Gasteiger partial charge in [-0.3, -0.25) is 0 Å². The second kappa shape index (κ2) is 3.81. The first-order valence-corrected chi connectivity index (χ1v) is 5.06. The maximum absolute atomic E-state index is 4.19. The predicted octanol–water partition coefficient (Wildman–Crippen LogP) is 4.31. The van der Waals surface area contributed by atoms with Gasteiger partial charge in [0.05, 0.1) is 0 Å². The van der Waals surface area contributed by atoms with Crippen molar-refractivity contribution in [3.63, 3.8) is 0 Å². The molecule has 0 bridgehead atoms. The molecule has 0 aromatic heterocycles. The van der Waals surface area contributed by atoms with Crippen LogP contribution < -0.4 is 0 Å². The zero-order chi connectivity index (χ0) is 9.99. The van der Waals surface area contributed by atoms with E-state index in [-0.39, 0.29) is 5.41 Å². The Balaban J connectivity index is 4.35. The molecule has 0 spiro atoms. The van der Waals surface area contributed by atoms with Gasteiger partial charge in [-0.25, -0.2) is 0 Å². The molecule has 73 valence electrons. The van der Waals surface area contributed by atoms with Crippen LogP contribution in [0.25, 0.3) is 0 Å². The Labute approximate surface area is 78.8 Å². The molecule has 0 amide bonds. The molecule has 0 heterocycles. The van der Waals surface area contributed by atoms with Crippen LogP contribution in [0.4, 0.5) is 0 Å². The summed E-state index contributed by atoms with van der Waals surface area (Å²) in [6.07, 6.45) is 2.47. The summed E-state index contributed by atoms with van der Waals surface area (Å²) in [5.41, 5.74) is 0.681. The Morgan fingerprint density at radius 1 is 1.17 bits per heavy atom. The SMILES string of the molecule is [CH2]C(C)(C)CC(C)(CC)C(C)C. The molecule has 0 fully saturated rings. The molecule has 1 atom stereocenters. The Hall–Kier alpha value is 0. The standard InChI is InChI=1S/C12H25/c1-8-12(7,10(2)3)9-11(4,5)6/h10H,4,8-9H2,1-3,5-7H3. The van der Waals surface area contributed by atoms with E-state index in [0.717, 1.165) is 5.92 Å². The highest BCUT2D eigenvalue weighted by atomic mass is 14.4. The average Bonchev–Trinajstić information content (AvgIpc) is 1.83. The molecule has 0 saturated carbocycles. The molecular formula is C12H25. The zero-order valence-electron chi connectivity index (χ0n) is 9.70. The van der Waals surface area contributed by atoms with E-state index in [4.69, 9.17) is 0 Å². The molecule has 0 aliphatic carbocycles. The third-order valence-electron chi connectivity index (χ3n) is 3.08. The van der Waals surface area contributed by atoms with E-state index in [2.05, 4.69) is 48.5 Å². The summed E-state index contributed by atoms with van der Waals surface area (Å²) in [7, 11) is 0. The first-order chi connectivity index (χ1) is 5.21. The van der Waals surface area contributed by atoms with Gasteiger partial charge in [-0.2, -0.15) is 0 Å². The van der Waals surface area contributed by atoms with Crippen molar-refractivity contribution in [2.24, 2.45) is 16.7 Å². The van der Waals surface area contributed by atoms with Crippen molar-refractivity contribution in [2.45, 2.75) is 54.4 Å². The van der Waals surface area contributed by atoms with Crippen molar-refractivity contribution in [2.75, 3.05) is 0 Å². The Morgan fingerprint density at radius 2 is 1.58 bits per heavy atom. The van der Waals surface area contributed by atoms with Crippen molar-refractivity contribution in [1.82, 2.24) is 0 Å². The van der Waals surface area contributed by atoms with Crippen molar-refractivity contribution in [3.05, 3.63) is 6.92 Å². The maximum Gasteiger partial charge on any atom is -0.0300 e. The minimum absolute atomic E-state index is 0.217. The van der Waals surface area contributed by atoms with Crippen LogP contribution in [0, 0.1) is 23.7 Å². The highest BCUT2D eigenvalue weighted by Gasteiger charge is 2.30. The van der Waals surface area contributed by atoms with Gasteiger partial charge in [0.25, 0.3) is 0 Å². The summed E-state index contributed by atoms with van der Waals surface area (Å²) in [6.45, 7) is 17.9. The van der Waals surface area contributed by atoms with Crippen molar-refractivity contribution in [3.8, 4) is 0 Å². The molecule has 0 aromatic carbocycles. The van der Waals surface area contributed by atoms with Gasteiger partial charge >= 0.3 is 0 Å². The summed E-state index contributed by atoms with van der Waals surface area (Å²) in [5, 5.41) is 0. The highest BCUT2D eigenvalue weighted by molar-refractivity contribution is 4.84. The van der Waals surface area contributed by atoms with Crippen LogP contribution in [0.5, 0.6) is 0 Å². The maximum atomic E-state index is 4.19. The zero-order valence-corrected chi connectivity index (χ0v) is 9.70. The minimum Gasteiger partial charge on any atom is -0.0649 e. The molecule has 12 heavy (non-hydrogen) atoms. The van der Waals surface area contributed by atoms with Crippen molar-refractivity contribution >= 4 is 0 Å². The fourth-order valence-corrected chi connectivity index (χ4v) is 1.83. The van der Waals surface area contributed by atoms with Gasteiger partial charge in [-0.05, 0) is 30.1 Å². The lowest BCUT2D eigenvalue weighted by Gasteiger charge is -2.38. The Bertz CT molecular complexity index is 127. The van der Waals surface area contributed by atoms with Gasteiger partial charge in [-0.1, -0.05) is 48.0 Å². The van der Waals surface area contributed by atoms with E-state index < -0.39 is 0 Å². The molecule has 0 aromatic rings. The lowest BCUT2D eigenvalue weighted by atomic mass is 9.67. The van der Waals surface area contributed by atoms with Crippen LogP contribution in [0.3, 0.4) is 0 Å².